The van der Waals surface area contributed by atoms with Crippen molar-refractivity contribution in [2.45, 2.75) is 19.0 Å². The van der Waals surface area contributed by atoms with E-state index in [9.17, 15) is 18.0 Å². The van der Waals surface area contributed by atoms with Crippen molar-refractivity contribution in [3.05, 3.63) is 65.2 Å². The van der Waals surface area contributed by atoms with Crippen molar-refractivity contribution in [1.29, 1.82) is 0 Å². The van der Waals surface area contributed by atoms with E-state index >= 15 is 0 Å². The maximum Gasteiger partial charge on any atom is 0.416 e. The molecule has 0 amide bonds. The minimum absolute atomic E-state index is 0.0775. The number of halogens is 3. The number of carbonyl (C=O) groups is 1. The molecule has 0 heterocycles. The highest BCUT2D eigenvalue weighted by molar-refractivity contribution is 5.96. The van der Waals surface area contributed by atoms with Crippen LogP contribution in [0.3, 0.4) is 0 Å². The number of nitrogens with two attached hydrogens (primary N) is 1. The highest BCUT2D eigenvalue weighted by Gasteiger charge is 2.30. The Hall–Kier alpha value is -2.30. The summed E-state index contributed by atoms with van der Waals surface area (Å²) in [5, 5.41) is 0. The lowest BCUT2D eigenvalue weighted by molar-refractivity contribution is -0.137. The number of aryl methyl sites for hydroxylation is 1. The fraction of sp³-hybridized carbons (Fsp3) is 0.188. The van der Waals surface area contributed by atoms with Crippen LogP contribution in [0.15, 0.2) is 48.5 Å². The molecule has 2 aromatic rings. The first-order valence-corrected chi connectivity index (χ1v) is 6.41. The van der Waals surface area contributed by atoms with Crippen molar-refractivity contribution in [3.8, 4) is 0 Å². The molecule has 2 nitrogen and oxygen atoms in total. The molecule has 2 aromatic carbocycles. The molecule has 0 aromatic heterocycles. The van der Waals surface area contributed by atoms with Gasteiger partial charge in [0, 0.05) is 17.7 Å². The molecule has 0 aliphatic carbocycles. The van der Waals surface area contributed by atoms with Crippen LogP contribution in [0, 0.1) is 0 Å². The molecular formula is C16H14F3NO. The van der Waals surface area contributed by atoms with E-state index in [0.717, 1.165) is 17.7 Å². The molecule has 0 aliphatic rings. The second-order valence-electron chi connectivity index (χ2n) is 4.75. The van der Waals surface area contributed by atoms with Crippen LogP contribution in [-0.4, -0.2) is 5.78 Å². The molecule has 21 heavy (non-hydrogen) atoms. The molecule has 0 atom stereocenters. The average molecular weight is 293 g/mol. The Kier molecular flexibility index (Phi) is 4.31. The number of hydrogen-bond acceptors (Lipinski definition) is 2. The first-order valence-electron chi connectivity index (χ1n) is 6.41. The van der Waals surface area contributed by atoms with Crippen molar-refractivity contribution in [1.82, 2.24) is 0 Å². The Morgan fingerprint density at radius 3 is 2.43 bits per heavy atom. The summed E-state index contributed by atoms with van der Waals surface area (Å²) in [6.07, 6.45) is -3.85. The standard InChI is InChI=1S/C16H14F3NO/c17-16(18,19)13-5-2-4-12(10-13)15(21)8-7-11-3-1-6-14(20)9-11/h1-6,9-10H,7-8,20H2. The summed E-state index contributed by atoms with van der Waals surface area (Å²) in [6, 6.07) is 11.6. The highest BCUT2D eigenvalue weighted by atomic mass is 19.4. The average Bonchev–Trinajstić information content (AvgIpc) is 2.44. The largest absolute Gasteiger partial charge is 0.416 e. The number of anilines is 1. The van der Waals surface area contributed by atoms with E-state index in [1.54, 1.807) is 18.2 Å². The van der Waals surface area contributed by atoms with E-state index < -0.39 is 11.7 Å². The molecule has 0 bridgehead atoms. The Balaban J connectivity index is 2.07. The summed E-state index contributed by atoms with van der Waals surface area (Å²) >= 11 is 0. The van der Waals surface area contributed by atoms with Crippen LogP contribution in [0.5, 0.6) is 0 Å². The Morgan fingerprint density at radius 2 is 1.76 bits per heavy atom. The minimum Gasteiger partial charge on any atom is -0.399 e. The first-order chi connectivity index (χ1) is 9.86. The van der Waals surface area contributed by atoms with Gasteiger partial charge in [-0.3, -0.25) is 4.79 Å². The maximum atomic E-state index is 12.6. The van der Waals surface area contributed by atoms with E-state index in [4.69, 9.17) is 5.73 Å². The molecule has 0 fully saturated rings. The SMILES string of the molecule is Nc1cccc(CCC(=O)c2cccc(C(F)(F)F)c2)c1. The predicted octanol–water partition coefficient (Wildman–Crippen LogP) is 4.10. The quantitative estimate of drug-likeness (QED) is 0.681. The Morgan fingerprint density at radius 1 is 1.05 bits per heavy atom. The number of carbonyl (C=O) groups excluding carboxylic acids is 1. The third kappa shape index (κ3) is 4.08. The van der Waals surface area contributed by atoms with Crippen LogP contribution >= 0.6 is 0 Å². The van der Waals surface area contributed by atoms with Gasteiger partial charge in [0.05, 0.1) is 5.56 Å². The van der Waals surface area contributed by atoms with Gasteiger partial charge in [0.1, 0.15) is 0 Å². The lowest BCUT2D eigenvalue weighted by Gasteiger charge is -2.08. The summed E-state index contributed by atoms with van der Waals surface area (Å²) in [4.78, 5) is 12.0. The van der Waals surface area contributed by atoms with Crippen molar-refractivity contribution in [2.75, 3.05) is 5.73 Å². The Labute approximate surface area is 120 Å². The minimum atomic E-state index is -4.44. The van der Waals surface area contributed by atoms with E-state index in [1.807, 2.05) is 6.07 Å². The van der Waals surface area contributed by atoms with Crippen LogP contribution in [0.4, 0.5) is 18.9 Å². The van der Waals surface area contributed by atoms with Crippen molar-refractivity contribution >= 4 is 11.5 Å². The van der Waals surface area contributed by atoms with Crippen LogP contribution in [-0.2, 0) is 12.6 Å². The molecule has 0 saturated carbocycles. The van der Waals surface area contributed by atoms with Gasteiger partial charge in [-0.15, -0.1) is 0 Å². The summed E-state index contributed by atoms with van der Waals surface area (Å²) < 4.78 is 37.8. The van der Waals surface area contributed by atoms with Crippen LogP contribution < -0.4 is 5.73 Å². The van der Waals surface area contributed by atoms with Gasteiger partial charge < -0.3 is 5.73 Å². The third-order valence-corrected chi connectivity index (χ3v) is 3.10. The van der Waals surface area contributed by atoms with Gasteiger partial charge in [0.2, 0.25) is 0 Å². The summed E-state index contributed by atoms with van der Waals surface area (Å²) in [6.45, 7) is 0. The van der Waals surface area contributed by atoms with Crippen LogP contribution in [0.2, 0.25) is 0 Å². The fourth-order valence-corrected chi connectivity index (χ4v) is 2.02. The van der Waals surface area contributed by atoms with Gasteiger partial charge in [0.15, 0.2) is 5.78 Å². The van der Waals surface area contributed by atoms with Crippen LogP contribution in [0.25, 0.3) is 0 Å². The molecule has 5 heteroatoms. The molecule has 110 valence electrons. The zero-order chi connectivity index (χ0) is 15.5. The smallest absolute Gasteiger partial charge is 0.399 e. The maximum absolute atomic E-state index is 12.6. The number of Topliss-reactive ketones (excluding diaryl/α,β-unsaturated/α-hetero) is 1. The van der Waals surface area contributed by atoms with E-state index in [1.165, 1.54) is 12.1 Å². The van der Waals surface area contributed by atoms with Crippen molar-refractivity contribution in [3.63, 3.8) is 0 Å². The number of alkyl halides is 3. The zero-order valence-electron chi connectivity index (χ0n) is 11.2. The second kappa shape index (κ2) is 5.99. The van der Waals surface area contributed by atoms with E-state index in [0.29, 0.717) is 12.1 Å². The molecule has 2 rings (SSSR count). The summed E-state index contributed by atoms with van der Waals surface area (Å²) in [5.41, 5.74) is 6.38. The van der Waals surface area contributed by atoms with Crippen molar-refractivity contribution < 1.29 is 18.0 Å². The Bertz CT molecular complexity index is 650. The van der Waals surface area contributed by atoms with Crippen molar-refractivity contribution in [2.24, 2.45) is 0 Å². The second-order valence-corrected chi connectivity index (χ2v) is 4.75. The molecular weight excluding hydrogens is 279 g/mol. The summed E-state index contributed by atoms with van der Waals surface area (Å²) in [5.74, 6) is -0.316. The number of ketones is 1. The topological polar surface area (TPSA) is 43.1 Å². The highest BCUT2D eigenvalue weighted by Crippen LogP contribution is 2.29. The number of hydrogen-bond donors (Lipinski definition) is 1. The van der Waals surface area contributed by atoms with Gasteiger partial charge in [0.25, 0.3) is 0 Å². The monoisotopic (exact) mass is 293 g/mol. The van der Waals surface area contributed by atoms with Gasteiger partial charge in [-0.1, -0.05) is 24.3 Å². The lowest BCUT2D eigenvalue weighted by atomic mass is 10.0. The molecule has 2 N–H and O–H groups in total. The predicted molar refractivity (Wildman–Crippen MR) is 74.9 cm³/mol. The number of rotatable bonds is 4. The van der Waals surface area contributed by atoms with E-state index in [2.05, 4.69) is 0 Å². The van der Waals surface area contributed by atoms with Gasteiger partial charge in [-0.25, -0.2) is 0 Å². The molecule has 0 saturated heterocycles. The van der Waals surface area contributed by atoms with E-state index in [-0.39, 0.29) is 17.8 Å². The zero-order valence-corrected chi connectivity index (χ0v) is 11.2. The van der Waals surface area contributed by atoms with Gasteiger partial charge in [-0.2, -0.15) is 13.2 Å². The third-order valence-electron chi connectivity index (χ3n) is 3.10. The molecule has 0 radical (unpaired) electrons. The number of nitrogen functional groups attached to an aromatic ring is 1. The molecule has 0 aliphatic heterocycles. The van der Waals surface area contributed by atoms with Gasteiger partial charge >= 0.3 is 6.18 Å². The van der Waals surface area contributed by atoms with Gasteiger partial charge in [-0.05, 0) is 36.2 Å². The summed E-state index contributed by atoms with van der Waals surface area (Å²) in [7, 11) is 0. The van der Waals surface area contributed by atoms with Crippen LogP contribution in [0.1, 0.15) is 27.9 Å². The normalized spacial score (nSPS) is 11.4. The lowest BCUT2D eigenvalue weighted by Crippen LogP contribution is -2.08. The fourth-order valence-electron chi connectivity index (χ4n) is 2.02. The number of benzene rings is 2. The first kappa shape index (κ1) is 15.1. The molecule has 0 spiro atoms. The molecule has 0 unspecified atom stereocenters.